The number of halogens is 3. The molecular weight excluding hydrogens is 321 g/mol. The average Bonchev–Trinajstić information content (AvgIpc) is 2.89. The highest BCUT2D eigenvalue weighted by Gasteiger charge is 2.42. The molecule has 1 fully saturated rings. The summed E-state index contributed by atoms with van der Waals surface area (Å²) in [5.41, 5.74) is 4.61. The number of rotatable bonds is 2. The van der Waals surface area contributed by atoms with Gasteiger partial charge in [-0.25, -0.2) is 4.79 Å². The van der Waals surface area contributed by atoms with Gasteiger partial charge in [0.2, 0.25) is 0 Å². The Morgan fingerprint density at radius 3 is 2.42 bits per heavy atom. The quantitative estimate of drug-likeness (QED) is 0.892. The fourth-order valence-corrected chi connectivity index (χ4v) is 3.02. The van der Waals surface area contributed by atoms with Crippen LogP contribution in [0.15, 0.2) is 24.3 Å². The Hall–Kier alpha value is -1.76. The summed E-state index contributed by atoms with van der Waals surface area (Å²) in [6, 6.07) is 5.48. The largest absolute Gasteiger partial charge is 0.444 e. The minimum absolute atomic E-state index is 0.171. The number of nitrogens with zero attached hydrogens (tertiary/aromatic N) is 1. The van der Waals surface area contributed by atoms with Crippen molar-refractivity contribution in [2.24, 2.45) is 11.7 Å². The lowest BCUT2D eigenvalue weighted by molar-refractivity contribution is -0.138. The molecule has 0 aromatic heterocycles. The van der Waals surface area contributed by atoms with E-state index in [9.17, 15) is 18.0 Å². The SMILES string of the molecule is CC(C)(C)OC(=O)N1C[C@@H](CN)[C@H](c2ccccc2C(F)(F)F)C1. The summed E-state index contributed by atoms with van der Waals surface area (Å²) < 4.78 is 45.1. The van der Waals surface area contributed by atoms with Crippen LogP contribution in [0.1, 0.15) is 37.8 Å². The van der Waals surface area contributed by atoms with E-state index in [-0.39, 0.29) is 24.6 Å². The van der Waals surface area contributed by atoms with Crippen molar-refractivity contribution in [1.82, 2.24) is 4.90 Å². The predicted octanol–water partition coefficient (Wildman–Crippen LogP) is 3.61. The first-order valence-electron chi connectivity index (χ1n) is 7.87. The number of benzene rings is 1. The van der Waals surface area contributed by atoms with Crippen molar-refractivity contribution in [3.63, 3.8) is 0 Å². The summed E-state index contributed by atoms with van der Waals surface area (Å²) in [4.78, 5) is 13.7. The van der Waals surface area contributed by atoms with Gasteiger partial charge >= 0.3 is 12.3 Å². The zero-order chi connectivity index (χ0) is 18.1. The van der Waals surface area contributed by atoms with Gasteiger partial charge in [-0.3, -0.25) is 0 Å². The summed E-state index contributed by atoms with van der Waals surface area (Å²) in [6.07, 6.45) is -4.96. The van der Waals surface area contributed by atoms with Crippen molar-refractivity contribution in [3.05, 3.63) is 35.4 Å². The first kappa shape index (κ1) is 18.6. The first-order chi connectivity index (χ1) is 11.0. The number of hydrogen-bond acceptors (Lipinski definition) is 3. The molecule has 7 heteroatoms. The van der Waals surface area contributed by atoms with Crippen molar-refractivity contribution in [2.75, 3.05) is 19.6 Å². The molecule has 2 atom stereocenters. The molecule has 1 heterocycles. The molecule has 1 amide bonds. The maximum absolute atomic E-state index is 13.3. The number of alkyl halides is 3. The second kappa shape index (κ2) is 6.63. The standard InChI is InChI=1S/C17H23F3N2O2/c1-16(2,3)24-15(23)22-9-11(8-21)13(10-22)12-6-4-5-7-14(12)17(18,19)20/h4-7,11,13H,8-10,21H2,1-3H3/t11-,13-/m1/s1. The summed E-state index contributed by atoms with van der Waals surface area (Å²) in [7, 11) is 0. The zero-order valence-corrected chi connectivity index (χ0v) is 14.1. The number of carbonyl (C=O) groups excluding carboxylic acids is 1. The molecule has 0 unspecified atom stereocenters. The lowest BCUT2D eigenvalue weighted by Gasteiger charge is -2.24. The monoisotopic (exact) mass is 344 g/mol. The van der Waals surface area contributed by atoms with E-state index < -0.39 is 29.4 Å². The van der Waals surface area contributed by atoms with Crippen LogP contribution in [0.3, 0.4) is 0 Å². The number of hydrogen-bond donors (Lipinski definition) is 1. The van der Waals surface area contributed by atoms with Crippen LogP contribution in [-0.2, 0) is 10.9 Å². The molecule has 1 aromatic rings. The van der Waals surface area contributed by atoms with E-state index in [4.69, 9.17) is 10.5 Å². The maximum atomic E-state index is 13.3. The Labute approximate surface area is 139 Å². The van der Waals surface area contributed by atoms with Gasteiger partial charge in [0.25, 0.3) is 0 Å². The topological polar surface area (TPSA) is 55.6 Å². The molecule has 0 spiro atoms. The summed E-state index contributed by atoms with van der Waals surface area (Å²) in [5.74, 6) is -0.693. The minimum atomic E-state index is -4.44. The molecule has 134 valence electrons. The normalized spacial score (nSPS) is 21.9. The van der Waals surface area contributed by atoms with Gasteiger partial charge in [0, 0.05) is 19.0 Å². The molecule has 1 saturated heterocycles. The molecule has 0 aliphatic carbocycles. The van der Waals surface area contributed by atoms with Crippen molar-refractivity contribution in [2.45, 2.75) is 38.5 Å². The Kier molecular flexibility index (Phi) is 5.13. The van der Waals surface area contributed by atoms with E-state index in [0.717, 1.165) is 6.07 Å². The lowest BCUT2D eigenvalue weighted by Crippen LogP contribution is -2.35. The molecule has 2 N–H and O–H groups in total. The number of amides is 1. The van der Waals surface area contributed by atoms with E-state index in [2.05, 4.69) is 0 Å². The van der Waals surface area contributed by atoms with Crippen molar-refractivity contribution in [1.29, 1.82) is 0 Å². The second-order valence-corrected chi connectivity index (χ2v) is 7.07. The molecule has 1 aliphatic rings. The fourth-order valence-electron chi connectivity index (χ4n) is 3.02. The third kappa shape index (κ3) is 4.20. The summed E-state index contributed by atoms with van der Waals surface area (Å²) in [6.45, 7) is 5.91. The first-order valence-corrected chi connectivity index (χ1v) is 7.87. The highest BCUT2D eigenvalue weighted by atomic mass is 19.4. The Morgan fingerprint density at radius 2 is 1.88 bits per heavy atom. The Balaban J connectivity index is 2.27. The van der Waals surface area contributed by atoms with Crippen molar-refractivity contribution >= 4 is 6.09 Å². The van der Waals surface area contributed by atoms with E-state index >= 15 is 0 Å². The van der Waals surface area contributed by atoms with Gasteiger partial charge in [0.1, 0.15) is 5.60 Å². The average molecular weight is 344 g/mol. The molecule has 1 aromatic carbocycles. The van der Waals surface area contributed by atoms with E-state index in [0.29, 0.717) is 6.54 Å². The maximum Gasteiger partial charge on any atom is 0.416 e. The van der Waals surface area contributed by atoms with Crippen LogP contribution in [0.4, 0.5) is 18.0 Å². The van der Waals surface area contributed by atoms with E-state index in [1.807, 2.05) is 0 Å². The van der Waals surface area contributed by atoms with Crippen LogP contribution in [0.5, 0.6) is 0 Å². The summed E-state index contributed by atoms with van der Waals surface area (Å²) in [5, 5.41) is 0. The van der Waals surface area contributed by atoms with Crippen molar-refractivity contribution in [3.8, 4) is 0 Å². The Bertz CT molecular complexity index is 596. The zero-order valence-electron chi connectivity index (χ0n) is 14.1. The smallest absolute Gasteiger partial charge is 0.416 e. The molecular formula is C17H23F3N2O2. The molecule has 4 nitrogen and oxygen atoms in total. The van der Waals surface area contributed by atoms with Gasteiger partial charge in [-0.05, 0) is 44.9 Å². The van der Waals surface area contributed by atoms with Gasteiger partial charge in [-0.15, -0.1) is 0 Å². The van der Waals surface area contributed by atoms with Gasteiger partial charge in [0.05, 0.1) is 5.56 Å². The lowest BCUT2D eigenvalue weighted by atomic mass is 9.86. The van der Waals surface area contributed by atoms with Crippen LogP contribution >= 0.6 is 0 Å². The third-order valence-corrected chi connectivity index (χ3v) is 4.06. The van der Waals surface area contributed by atoms with Gasteiger partial charge < -0.3 is 15.4 Å². The van der Waals surface area contributed by atoms with Gasteiger partial charge in [-0.2, -0.15) is 13.2 Å². The summed E-state index contributed by atoms with van der Waals surface area (Å²) >= 11 is 0. The highest BCUT2D eigenvalue weighted by Crippen LogP contribution is 2.40. The molecule has 0 saturated carbocycles. The second-order valence-electron chi connectivity index (χ2n) is 7.07. The molecule has 2 rings (SSSR count). The van der Waals surface area contributed by atoms with Crippen LogP contribution in [0.2, 0.25) is 0 Å². The molecule has 0 bridgehead atoms. The highest BCUT2D eigenvalue weighted by molar-refractivity contribution is 5.69. The Morgan fingerprint density at radius 1 is 1.25 bits per heavy atom. The third-order valence-electron chi connectivity index (χ3n) is 4.06. The van der Waals surface area contributed by atoms with Gasteiger partial charge in [-0.1, -0.05) is 18.2 Å². The van der Waals surface area contributed by atoms with Crippen molar-refractivity contribution < 1.29 is 22.7 Å². The molecule has 24 heavy (non-hydrogen) atoms. The minimum Gasteiger partial charge on any atom is -0.444 e. The van der Waals surface area contributed by atoms with Gasteiger partial charge in [0.15, 0.2) is 0 Å². The number of carbonyl (C=O) groups is 1. The predicted molar refractivity (Wildman–Crippen MR) is 84.5 cm³/mol. The van der Waals surface area contributed by atoms with Crippen LogP contribution in [0.25, 0.3) is 0 Å². The molecule has 0 radical (unpaired) electrons. The van der Waals surface area contributed by atoms with E-state index in [1.54, 1.807) is 26.8 Å². The van der Waals surface area contributed by atoms with Crippen LogP contribution in [-0.4, -0.2) is 36.2 Å². The fraction of sp³-hybridized carbons (Fsp3) is 0.588. The molecule has 1 aliphatic heterocycles. The van der Waals surface area contributed by atoms with E-state index in [1.165, 1.54) is 17.0 Å². The van der Waals surface area contributed by atoms with Crippen LogP contribution < -0.4 is 5.73 Å². The number of likely N-dealkylation sites (tertiary alicyclic amines) is 1. The van der Waals surface area contributed by atoms with Crippen LogP contribution in [0, 0.1) is 5.92 Å². The number of ether oxygens (including phenoxy) is 1. The number of nitrogens with two attached hydrogens (primary N) is 1.